The smallest absolute Gasteiger partial charge is 0.0295 e. The molecule has 2 unspecified atom stereocenters. The van der Waals surface area contributed by atoms with Gasteiger partial charge in [-0.05, 0) is 17.3 Å². The van der Waals surface area contributed by atoms with Gasteiger partial charge in [-0.15, -0.1) is 0 Å². The van der Waals surface area contributed by atoms with Gasteiger partial charge in [-0.25, -0.2) is 0 Å². The highest BCUT2D eigenvalue weighted by atomic mass is 14.6. The van der Waals surface area contributed by atoms with Crippen LogP contribution in [0.5, 0.6) is 0 Å². The van der Waals surface area contributed by atoms with Crippen molar-refractivity contribution < 1.29 is 0 Å². The zero-order valence-electron chi connectivity index (χ0n) is 8.36. The molecule has 0 aromatic heterocycles. The zero-order valence-corrected chi connectivity index (χ0v) is 8.36. The van der Waals surface area contributed by atoms with Crippen LogP contribution in [0.3, 0.4) is 0 Å². The van der Waals surface area contributed by atoms with Gasteiger partial charge >= 0.3 is 0 Å². The van der Waals surface area contributed by atoms with Gasteiger partial charge in [0, 0.05) is 0 Å². The number of hydrogen-bond acceptors (Lipinski definition) is 0. The zero-order chi connectivity index (χ0) is 8.36. The molecular weight excluding hydrogens is 120 g/mol. The fourth-order valence-corrected chi connectivity index (χ4v) is 1.90. The highest BCUT2D eigenvalue weighted by molar-refractivity contribution is 5.01. The molecule has 0 heterocycles. The van der Waals surface area contributed by atoms with Crippen molar-refractivity contribution in [2.24, 2.45) is 17.3 Å². The van der Waals surface area contributed by atoms with Gasteiger partial charge in [0.2, 0.25) is 0 Å². The summed E-state index contributed by atoms with van der Waals surface area (Å²) in [4.78, 5) is 0. The largest absolute Gasteiger partial charge is 0.0683 e. The van der Waals surface area contributed by atoms with Gasteiger partial charge < -0.3 is 0 Å². The molecule has 0 bridgehead atoms. The van der Waals surface area contributed by atoms with Crippen molar-refractivity contribution >= 4 is 0 Å². The second kappa shape index (κ2) is 3.41. The lowest BCUT2D eigenvalue weighted by Gasteiger charge is -1.96. The Morgan fingerprint density at radius 1 is 1.20 bits per heavy atom. The molecule has 1 saturated carbocycles. The fraction of sp³-hybridized carbons (Fsp3) is 1.00. The molecule has 0 N–H and O–H groups in total. The normalized spacial score (nSPS) is 34.2. The third kappa shape index (κ3) is 1.53. The van der Waals surface area contributed by atoms with E-state index in [-0.39, 0.29) is 0 Å². The predicted molar refractivity (Wildman–Crippen MR) is 48.1 cm³/mol. The van der Waals surface area contributed by atoms with Crippen molar-refractivity contribution in [2.45, 2.75) is 48.0 Å². The summed E-state index contributed by atoms with van der Waals surface area (Å²) in [6, 6.07) is 0. The Labute approximate surface area is 66.0 Å². The molecular formula is C10H22. The summed E-state index contributed by atoms with van der Waals surface area (Å²) in [5.74, 6) is 2.00. The Bertz CT molecular complexity index is 92.2. The molecule has 2 atom stereocenters. The standard InChI is InChI=1S/C8H16.C2H6/c1-5-7-6(2)8(7,3)4;1-2/h6-7H,5H2,1-4H3;1-2H3. The maximum Gasteiger partial charge on any atom is -0.0295 e. The molecule has 1 aliphatic rings. The minimum absolute atomic E-state index is 0.675. The first-order valence-corrected chi connectivity index (χ1v) is 4.60. The lowest BCUT2D eigenvalue weighted by atomic mass is 10.1. The van der Waals surface area contributed by atoms with Crippen molar-refractivity contribution in [2.75, 3.05) is 0 Å². The molecule has 0 nitrogen and oxygen atoms in total. The molecule has 0 spiro atoms. The van der Waals surface area contributed by atoms with Crippen LogP contribution in [0.15, 0.2) is 0 Å². The lowest BCUT2D eigenvalue weighted by molar-refractivity contribution is 0.537. The van der Waals surface area contributed by atoms with Crippen LogP contribution in [0.4, 0.5) is 0 Å². The summed E-state index contributed by atoms with van der Waals surface area (Å²) < 4.78 is 0. The van der Waals surface area contributed by atoms with Gasteiger partial charge in [0.1, 0.15) is 0 Å². The quantitative estimate of drug-likeness (QED) is 0.523. The first kappa shape index (κ1) is 10.0. The summed E-state index contributed by atoms with van der Waals surface area (Å²) >= 11 is 0. The second-order valence-electron chi connectivity index (χ2n) is 3.62. The molecule has 0 saturated heterocycles. The topological polar surface area (TPSA) is 0 Å². The molecule has 1 aliphatic carbocycles. The maximum absolute atomic E-state index is 2.37. The van der Waals surface area contributed by atoms with E-state index in [9.17, 15) is 0 Å². The van der Waals surface area contributed by atoms with Gasteiger partial charge in [0.15, 0.2) is 0 Å². The lowest BCUT2D eigenvalue weighted by Crippen LogP contribution is -1.87. The molecule has 0 aliphatic heterocycles. The van der Waals surface area contributed by atoms with Gasteiger partial charge in [-0.3, -0.25) is 0 Å². The Kier molecular flexibility index (Phi) is 3.41. The van der Waals surface area contributed by atoms with E-state index in [0.717, 1.165) is 11.8 Å². The molecule has 1 fully saturated rings. The summed E-state index contributed by atoms with van der Waals surface area (Å²) in [6.07, 6.45) is 1.37. The van der Waals surface area contributed by atoms with E-state index in [2.05, 4.69) is 27.7 Å². The predicted octanol–water partition coefficient (Wildman–Crippen LogP) is 3.71. The Morgan fingerprint density at radius 3 is 1.50 bits per heavy atom. The van der Waals surface area contributed by atoms with Crippen molar-refractivity contribution in [1.82, 2.24) is 0 Å². The maximum atomic E-state index is 2.37. The van der Waals surface area contributed by atoms with E-state index in [4.69, 9.17) is 0 Å². The first-order chi connectivity index (χ1) is 4.60. The highest BCUT2D eigenvalue weighted by Crippen LogP contribution is 2.59. The second-order valence-corrected chi connectivity index (χ2v) is 3.62. The third-order valence-electron chi connectivity index (χ3n) is 3.06. The van der Waals surface area contributed by atoms with Crippen LogP contribution in [0, 0.1) is 17.3 Å². The molecule has 0 heteroatoms. The van der Waals surface area contributed by atoms with Crippen LogP contribution >= 0.6 is 0 Å². The van der Waals surface area contributed by atoms with E-state index < -0.39 is 0 Å². The summed E-state index contributed by atoms with van der Waals surface area (Å²) in [5.41, 5.74) is 0.675. The monoisotopic (exact) mass is 142 g/mol. The van der Waals surface area contributed by atoms with Crippen molar-refractivity contribution in [3.63, 3.8) is 0 Å². The average Bonchev–Trinajstić information content (AvgIpc) is 2.38. The van der Waals surface area contributed by atoms with E-state index in [1.54, 1.807) is 0 Å². The molecule has 0 radical (unpaired) electrons. The van der Waals surface area contributed by atoms with E-state index in [0.29, 0.717) is 5.41 Å². The number of rotatable bonds is 1. The van der Waals surface area contributed by atoms with Crippen LogP contribution < -0.4 is 0 Å². The van der Waals surface area contributed by atoms with Crippen molar-refractivity contribution in [3.8, 4) is 0 Å². The molecule has 0 aromatic rings. The highest BCUT2D eigenvalue weighted by Gasteiger charge is 2.52. The summed E-state index contributed by atoms with van der Waals surface area (Å²) in [7, 11) is 0. The Morgan fingerprint density at radius 2 is 1.50 bits per heavy atom. The van der Waals surface area contributed by atoms with Crippen LogP contribution in [-0.4, -0.2) is 0 Å². The molecule has 0 aromatic carbocycles. The summed E-state index contributed by atoms with van der Waals surface area (Å²) in [6.45, 7) is 13.4. The Balaban J connectivity index is 0.000000371. The van der Waals surface area contributed by atoms with E-state index >= 15 is 0 Å². The third-order valence-corrected chi connectivity index (χ3v) is 3.06. The van der Waals surface area contributed by atoms with Gasteiger partial charge in [0.05, 0.1) is 0 Å². The van der Waals surface area contributed by atoms with E-state index in [1.165, 1.54) is 6.42 Å². The van der Waals surface area contributed by atoms with Crippen LogP contribution in [0.2, 0.25) is 0 Å². The average molecular weight is 142 g/mol. The van der Waals surface area contributed by atoms with E-state index in [1.807, 2.05) is 13.8 Å². The van der Waals surface area contributed by atoms with Crippen LogP contribution in [0.25, 0.3) is 0 Å². The van der Waals surface area contributed by atoms with Crippen molar-refractivity contribution in [3.05, 3.63) is 0 Å². The number of hydrogen-bond donors (Lipinski definition) is 0. The molecule has 62 valence electrons. The minimum Gasteiger partial charge on any atom is -0.0683 e. The Hall–Kier alpha value is 0. The first-order valence-electron chi connectivity index (χ1n) is 4.60. The fourth-order valence-electron chi connectivity index (χ4n) is 1.90. The van der Waals surface area contributed by atoms with Crippen LogP contribution in [-0.2, 0) is 0 Å². The van der Waals surface area contributed by atoms with Gasteiger partial charge in [-0.1, -0.05) is 48.0 Å². The molecule has 1 rings (SSSR count). The van der Waals surface area contributed by atoms with Gasteiger partial charge in [0.25, 0.3) is 0 Å². The van der Waals surface area contributed by atoms with Crippen LogP contribution in [0.1, 0.15) is 48.0 Å². The summed E-state index contributed by atoms with van der Waals surface area (Å²) in [5, 5.41) is 0. The SMILES string of the molecule is CC.CCC1C(C)C1(C)C. The van der Waals surface area contributed by atoms with Crippen molar-refractivity contribution in [1.29, 1.82) is 0 Å². The molecule has 0 amide bonds. The van der Waals surface area contributed by atoms with Gasteiger partial charge in [-0.2, -0.15) is 0 Å². The minimum atomic E-state index is 0.675. The molecule has 10 heavy (non-hydrogen) atoms.